The van der Waals surface area contributed by atoms with Crippen molar-refractivity contribution in [2.45, 2.75) is 26.1 Å². The largest absolute Gasteiger partial charge is 0.361 e. The lowest BCUT2D eigenvalue weighted by atomic mass is 10.0. The summed E-state index contributed by atoms with van der Waals surface area (Å²) in [5, 5.41) is 0. The summed E-state index contributed by atoms with van der Waals surface area (Å²) in [5.41, 5.74) is 0.298. The van der Waals surface area contributed by atoms with Gasteiger partial charge in [-0.05, 0) is 25.0 Å². The molecule has 0 aliphatic rings. The number of nitrogens with zero attached hydrogens (tertiary/aromatic N) is 1. The van der Waals surface area contributed by atoms with Crippen LogP contribution in [0.25, 0.3) is 0 Å². The summed E-state index contributed by atoms with van der Waals surface area (Å²) in [6, 6.07) is 7.88. The molecule has 8 nitrogen and oxygen atoms in total. The van der Waals surface area contributed by atoms with Crippen LogP contribution in [-0.2, 0) is 21.5 Å². The van der Waals surface area contributed by atoms with Gasteiger partial charge in [-0.1, -0.05) is 24.1 Å². The van der Waals surface area contributed by atoms with E-state index in [0.717, 1.165) is 5.56 Å². The summed E-state index contributed by atoms with van der Waals surface area (Å²) in [4.78, 5) is 24.5. The number of rotatable bonds is 9. The van der Waals surface area contributed by atoms with E-state index >= 15 is 0 Å². The highest BCUT2D eigenvalue weighted by Crippen LogP contribution is 2.17. The smallest absolute Gasteiger partial charge is 0.330 e. The lowest BCUT2D eigenvalue weighted by Crippen LogP contribution is -2.31. The van der Waals surface area contributed by atoms with Gasteiger partial charge in [-0.25, -0.2) is 17.9 Å². The maximum atomic E-state index is 12.2. The van der Waals surface area contributed by atoms with Crippen LogP contribution in [0.3, 0.4) is 0 Å². The highest BCUT2D eigenvalue weighted by atomic mass is 32.2. The second kappa shape index (κ2) is 9.32. The molecule has 0 aliphatic heterocycles. The summed E-state index contributed by atoms with van der Waals surface area (Å²) in [5.74, 6) is 2.41. The molecule has 1 atom stereocenters. The molecule has 0 amide bonds. The van der Waals surface area contributed by atoms with Crippen molar-refractivity contribution in [3.05, 3.63) is 68.5 Å². The standard InChI is InChI=1S/C18H21N3O5S/c1-3-15-7-4-5-8-16(15)14(2)20-27(24,25)12-6-11-26-13-21-10-9-17(22)19-18(21)23/h1,4-5,7-10,14,20H,6,11-13H2,2H3,(H,19,22,23)/t14-/m1/s1. The van der Waals surface area contributed by atoms with Crippen LogP contribution < -0.4 is 16.0 Å². The maximum absolute atomic E-state index is 12.2. The Morgan fingerprint density at radius 3 is 2.74 bits per heavy atom. The lowest BCUT2D eigenvalue weighted by Gasteiger charge is -2.16. The van der Waals surface area contributed by atoms with E-state index in [4.69, 9.17) is 11.2 Å². The predicted molar refractivity (Wildman–Crippen MR) is 102 cm³/mol. The van der Waals surface area contributed by atoms with Gasteiger partial charge >= 0.3 is 5.69 Å². The first-order valence-corrected chi connectivity index (χ1v) is 9.90. The van der Waals surface area contributed by atoms with Crippen molar-refractivity contribution in [2.24, 2.45) is 0 Å². The molecule has 1 heterocycles. The number of terminal acetylenes is 1. The molecule has 0 saturated carbocycles. The lowest BCUT2D eigenvalue weighted by molar-refractivity contribution is 0.0744. The molecule has 2 N–H and O–H groups in total. The van der Waals surface area contributed by atoms with Crippen molar-refractivity contribution in [3.63, 3.8) is 0 Å². The second-order valence-corrected chi connectivity index (χ2v) is 7.73. The third-order valence-corrected chi connectivity index (χ3v) is 5.31. The summed E-state index contributed by atoms with van der Waals surface area (Å²) >= 11 is 0. The van der Waals surface area contributed by atoms with Gasteiger partial charge in [-0.3, -0.25) is 14.3 Å². The number of aromatic nitrogens is 2. The first kappa shape index (κ1) is 20.6. The Morgan fingerprint density at radius 1 is 1.30 bits per heavy atom. The van der Waals surface area contributed by atoms with Gasteiger partial charge in [0.25, 0.3) is 5.56 Å². The first-order chi connectivity index (χ1) is 12.8. The minimum absolute atomic E-state index is 0.0744. The first-order valence-electron chi connectivity index (χ1n) is 8.25. The van der Waals surface area contributed by atoms with Gasteiger partial charge in [0.05, 0.1) is 5.75 Å². The topological polar surface area (TPSA) is 110 Å². The van der Waals surface area contributed by atoms with Gasteiger partial charge in [0, 0.05) is 30.5 Å². The summed E-state index contributed by atoms with van der Waals surface area (Å²) < 4.78 is 33.5. The van der Waals surface area contributed by atoms with E-state index < -0.39 is 27.3 Å². The summed E-state index contributed by atoms with van der Waals surface area (Å²) in [6.07, 6.45) is 7.00. The van der Waals surface area contributed by atoms with Crippen LogP contribution in [0.4, 0.5) is 0 Å². The van der Waals surface area contributed by atoms with Crippen LogP contribution in [0.1, 0.15) is 30.5 Å². The second-order valence-electron chi connectivity index (χ2n) is 5.86. The Bertz CT molecular complexity index is 1030. The third kappa shape index (κ3) is 6.21. The SMILES string of the molecule is C#Cc1ccccc1[C@@H](C)NS(=O)(=O)CCCOCn1ccc(=O)[nH]c1=O. The van der Waals surface area contributed by atoms with Crippen LogP contribution >= 0.6 is 0 Å². The Kier molecular flexibility index (Phi) is 7.12. The Labute approximate surface area is 157 Å². The Hall–Kier alpha value is -2.67. The molecule has 1 aromatic heterocycles. The number of hydrogen-bond donors (Lipinski definition) is 2. The molecule has 0 radical (unpaired) electrons. The number of nitrogens with one attached hydrogen (secondary N) is 2. The number of sulfonamides is 1. The Balaban J connectivity index is 1.82. The van der Waals surface area contributed by atoms with Gasteiger partial charge in [0.15, 0.2) is 0 Å². The monoisotopic (exact) mass is 391 g/mol. The fraction of sp³-hybridized carbons (Fsp3) is 0.333. The fourth-order valence-electron chi connectivity index (χ4n) is 2.46. The molecule has 144 valence electrons. The van der Waals surface area contributed by atoms with Crippen LogP contribution in [-0.4, -0.2) is 30.3 Å². The number of H-pyrrole nitrogens is 1. The maximum Gasteiger partial charge on any atom is 0.330 e. The molecule has 0 fully saturated rings. The summed E-state index contributed by atoms with van der Waals surface area (Å²) in [6.45, 7) is 1.80. The Morgan fingerprint density at radius 2 is 2.04 bits per heavy atom. The van der Waals surface area contributed by atoms with Gasteiger partial charge < -0.3 is 4.74 Å². The molecular formula is C18H21N3O5S. The molecule has 9 heteroatoms. The zero-order valence-electron chi connectivity index (χ0n) is 14.8. The molecule has 27 heavy (non-hydrogen) atoms. The van der Waals surface area contributed by atoms with Crippen molar-refractivity contribution < 1.29 is 13.2 Å². The van der Waals surface area contributed by atoms with Gasteiger partial charge in [-0.2, -0.15) is 0 Å². The van der Waals surface area contributed by atoms with E-state index in [9.17, 15) is 18.0 Å². The zero-order chi connectivity index (χ0) is 19.9. The summed E-state index contributed by atoms with van der Waals surface area (Å²) in [7, 11) is -3.53. The molecule has 0 aliphatic carbocycles. The minimum atomic E-state index is -3.53. The minimum Gasteiger partial charge on any atom is -0.361 e. The highest BCUT2D eigenvalue weighted by Gasteiger charge is 2.17. The zero-order valence-corrected chi connectivity index (χ0v) is 15.7. The van der Waals surface area contributed by atoms with Crippen LogP contribution in [0.15, 0.2) is 46.1 Å². The quantitative estimate of drug-likeness (QED) is 0.479. The highest BCUT2D eigenvalue weighted by molar-refractivity contribution is 7.89. The predicted octanol–water partition coefficient (Wildman–Crippen LogP) is 0.563. The molecule has 0 spiro atoms. The van der Waals surface area contributed by atoms with Crippen LogP contribution in [0, 0.1) is 12.3 Å². The van der Waals surface area contributed by atoms with Gasteiger partial charge in [0.1, 0.15) is 6.73 Å². The average molecular weight is 391 g/mol. The number of aromatic amines is 1. The number of hydrogen-bond acceptors (Lipinski definition) is 5. The van der Waals surface area contributed by atoms with Crippen LogP contribution in [0.2, 0.25) is 0 Å². The van der Waals surface area contributed by atoms with E-state index in [-0.39, 0.29) is 25.5 Å². The average Bonchev–Trinajstić information content (AvgIpc) is 2.62. The molecular weight excluding hydrogens is 370 g/mol. The molecule has 1 aromatic carbocycles. The van der Waals surface area contributed by atoms with Crippen LogP contribution in [0.5, 0.6) is 0 Å². The third-order valence-electron chi connectivity index (χ3n) is 3.77. The van der Waals surface area contributed by atoms with E-state index in [1.54, 1.807) is 31.2 Å². The van der Waals surface area contributed by atoms with Crippen molar-refractivity contribution in [1.29, 1.82) is 0 Å². The molecule has 2 rings (SSSR count). The van der Waals surface area contributed by atoms with E-state index in [1.165, 1.54) is 16.8 Å². The van der Waals surface area contributed by atoms with Gasteiger partial charge in [-0.15, -0.1) is 6.42 Å². The number of benzene rings is 1. The normalized spacial score (nSPS) is 12.4. The van der Waals surface area contributed by atoms with E-state index in [1.807, 2.05) is 0 Å². The van der Waals surface area contributed by atoms with Crippen molar-refractivity contribution in [2.75, 3.05) is 12.4 Å². The fourth-order valence-corrected chi connectivity index (χ4v) is 3.74. The molecule has 0 saturated heterocycles. The molecule has 0 unspecified atom stereocenters. The van der Waals surface area contributed by atoms with Gasteiger partial charge in [0.2, 0.25) is 10.0 Å². The van der Waals surface area contributed by atoms with Crippen molar-refractivity contribution in [1.82, 2.24) is 14.3 Å². The van der Waals surface area contributed by atoms with E-state index in [0.29, 0.717) is 5.56 Å². The van der Waals surface area contributed by atoms with Crippen molar-refractivity contribution in [3.8, 4) is 12.3 Å². The van der Waals surface area contributed by atoms with E-state index in [2.05, 4.69) is 15.6 Å². The number of ether oxygens (including phenoxy) is 1. The van der Waals surface area contributed by atoms with Crippen molar-refractivity contribution >= 4 is 10.0 Å². The molecule has 0 bridgehead atoms. The molecule has 2 aromatic rings.